The normalized spacial score (nSPS) is 17.2. The molecule has 2 nitrogen and oxygen atoms in total. The Morgan fingerprint density at radius 3 is 2.50 bits per heavy atom. The fourth-order valence-electron chi connectivity index (χ4n) is 1.52. The quantitative estimate of drug-likeness (QED) is 0.617. The second kappa shape index (κ2) is 4.74. The van der Waals surface area contributed by atoms with E-state index >= 15 is 0 Å². The van der Waals surface area contributed by atoms with Gasteiger partial charge in [0.2, 0.25) is 0 Å². The van der Waals surface area contributed by atoms with Gasteiger partial charge >= 0.3 is 0 Å². The van der Waals surface area contributed by atoms with Crippen LogP contribution in [0.2, 0.25) is 0 Å². The van der Waals surface area contributed by atoms with Crippen molar-refractivity contribution in [2.24, 2.45) is 0 Å². The summed E-state index contributed by atoms with van der Waals surface area (Å²) < 4.78 is 0.991. The number of halogens is 1. The van der Waals surface area contributed by atoms with E-state index in [2.05, 4.69) is 22.6 Å². The maximum absolute atomic E-state index is 12.1. The predicted molar refractivity (Wildman–Crippen MR) is 73.1 cm³/mol. The maximum atomic E-state index is 12.1. The van der Waals surface area contributed by atoms with Gasteiger partial charge < -0.3 is 10.0 Å². The van der Waals surface area contributed by atoms with Gasteiger partial charge in [-0.15, -0.1) is 0 Å². The molecule has 82 valence electrons. The van der Waals surface area contributed by atoms with Crippen LogP contribution in [-0.4, -0.2) is 7.05 Å². The van der Waals surface area contributed by atoms with Crippen molar-refractivity contribution in [3.05, 3.63) is 63.6 Å². The molecule has 0 unspecified atom stereocenters. The molecule has 0 spiro atoms. The summed E-state index contributed by atoms with van der Waals surface area (Å²) in [5, 5.41) is 12.1. The van der Waals surface area contributed by atoms with Crippen LogP contribution in [0.3, 0.4) is 0 Å². The molecule has 0 fully saturated rings. The summed E-state index contributed by atoms with van der Waals surface area (Å²) in [5.41, 5.74) is 1.66. The fourth-order valence-corrected chi connectivity index (χ4v) is 2.14. The molecule has 0 aliphatic heterocycles. The monoisotopic (exact) mass is 324 g/mol. The summed E-state index contributed by atoms with van der Waals surface area (Å²) in [4.78, 5) is 1.66. The Balaban J connectivity index is 2.33. The minimum Gasteiger partial charge on any atom is -0.860 e. The molecular weight excluding hydrogens is 313 g/mol. The van der Waals surface area contributed by atoms with E-state index in [4.69, 9.17) is 0 Å². The maximum Gasteiger partial charge on any atom is 0.0398 e. The molecule has 2 rings (SSSR count). The third kappa shape index (κ3) is 2.14. The Morgan fingerprint density at radius 1 is 1.25 bits per heavy atom. The third-order valence-corrected chi connectivity index (χ3v) is 3.38. The lowest BCUT2D eigenvalue weighted by molar-refractivity contribution is -0.305. The van der Waals surface area contributed by atoms with Gasteiger partial charge in [0, 0.05) is 16.3 Å². The molecule has 0 atom stereocenters. The summed E-state index contributed by atoms with van der Waals surface area (Å²) in [6.07, 6.45) is 5.68. The van der Waals surface area contributed by atoms with Crippen molar-refractivity contribution in [3.8, 4) is 0 Å². The first-order valence-electron chi connectivity index (χ1n) is 4.94. The number of allylic oxidation sites excluding steroid dienone is 5. The minimum atomic E-state index is 0.0283. The van der Waals surface area contributed by atoms with Crippen LogP contribution < -0.4 is 10.0 Å². The Bertz CT molecular complexity index is 474. The lowest BCUT2D eigenvalue weighted by atomic mass is 10.2. The van der Waals surface area contributed by atoms with Crippen LogP contribution in [0, 0.1) is 0 Å². The van der Waals surface area contributed by atoms with Gasteiger partial charge in [0.1, 0.15) is 0 Å². The summed E-state index contributed by atoms with van der Waals surface area (Å²) in [6, 6.07) is 9.64. The first-order chi connectivity index (χ1) is 7.70. The third-order valence-electron chi connectivity index (χ3n) is 2.44. The Labute approximate surface area is 109 Å². The zero-order valence-electron chi connectivity index (χ0n) is 8.85. The number of hydrogen-bond acceptors (Lipinski definition) is 2. The van der Waals surface area contributed by atoms with E-state index in [1.165, 1.54) is 0 Å². The van der Waals surface area contributed by atoms with Crippen LogP contribution in [-0.2, 0) is 0 Å². The van der Waals surface area contributed by atoms with Gasteiger partial charge in [0.05, 0.1) is 0 Å². The summed E-state index contributed by atoms with van der Waals surface area (Å²) in [5.74, 6) is 0.0283. The van der Waals surface area contributed by atoms with Crippen LogP contribution in [0.25, 0.3) is 0 Å². The number of nitrogens with zero attached hydrogens (tertiary/aromatic N) is 1. The van der Waals surface area contributed by atoms with E-state index in [1.807, 2.05) is 48.6 Å². The van der Waals surface area contributed by atoms with E-state index in [-0.39, 0.29) is 5.88 Å². The average molecular weight is 324 g/mol. The van der Waals surface area contributed by atoms with Gasteiger partial charge in [-0.3, -0.25) is 0 Å². The van der Waals surface area contributed by atoms with Crippen LogP contribution in [0.1, 0.15) is 0 Å². The average Bonchev–Trinajstić information content (AvgIpc) is 2.75. The fraction of sp³-hybridized carbons (Fsp3) is 0.0769. The molecule has 0 heterocycles. The molecule has 0 saturated heterocycles. The van der Waals surface area contributed by atoms with E-state index in [9.17, 15) is 5.11 Å². The molecule has 1 aromatic rings. The number of rotatable bonds is 2. The first-order valence-corrected chi connectivity index (χ1v) is 6.02. The molecule has 0 amide bonds. The highest BCUT2D eigenvalue weighted by atomic mass is 127. The van der Waals surface area contributed by atoms with Crippen molar-refractivity contribution in [3.63, 3.8) is 0 Å². The molecule has 0 saturated carbocycles. The second-order valence-corrected chi connectivity index (χ2v) is 4.65. The molecule has 0 bridgehead atoms. The number of hydrogen-bond donors (Lipinski definition) is 0. The Hall–Kier alpha value is -1.23. The molecule has 3 heteroatoms. The zero-order valence-corrected chi connectivity index (χ0v) is 11.0. The van der Waals surface area contributed by atoms with E-state index < -0.39 is 0 Å². The van der Waals surface area contributed by atoms with Crippen molar-refractivity contribution < 1.29 is 5.11 Å². The molecule has 0 N–H and O–H groups in total. The first kappa shape index (κ1) is 11.3. The van der Waals surface area contributed by atoms with Crippen molar-refractivity contribution in [2.45, 2.75) is 0 Å². The molecular formula is C13H11INO-. The topological polar surface area (TPSA) is 26.3 Å². The lowest BCUT2D eigenvalue weighted by Gasteiger charge is -2.29. The van der Waals surface area contributed by atoms with Crippen molar-refractivity contribution in [1.29, 1.82) is 0 Å². The van der Waals surface area contributed by atoms with Crippen molar-refractivity contribution >= 4 is 28.3 Å². The molecule has 16 heavy (non-hydrogen) atoms. The Morgan fingerprint density at radius 2 is 1.94 bits per heavy atom. The van der Waals surface area contributed by atoms with Gasteiger partial charge in [-0.1, -0.05) is 30.4 Å². The molecule has 0 aromatic heterocycles. The van der Waals surface area contributed by atoms with Crippen molar-refractivity contribution in [1.82, 2.24) is 0 Å². The van der Waals surface area contributed by atoms with Crippen LogP contribution >= 0.6 is 22.6 Å². The van der Waals surface area contributed by atoms with Gasteiger partial charge in [0.25, 0.3) is 0 Å². The lowest BCUT2D eigenvalue weighted by Crippen LogP contribution is -2.27. The highest BCUT2D eigenvalue weighted by Crippen LogP contribution is 2.28. The van der Waals surface area contributed by atoms with E-state index in [0.29, 0.717) is 0 Å². The molecule has 1 aromatic carbocycles. The smallest absolute Gasteiger partial charge is 0.0398 e. The van der Waals surface area contributed by atoms with Crippen molar-refractivity contribution in [2.75, 3.05) is 11.9 Å². The molecule has 1 aliphatic carbocycles. The zero-order chi connectivity index (χ0) is 11.5. The summed E-state index contributed by atoms with van der Waals surface area (Å²) in [6.45, 7) is 0. The summed E-state index contributed by atoms with van der Waals surface area (Å²) in [7, 11) is 1.79. The number of benzene rings is 1. The Kier molecular flexibility index (Phi) is 3.33. The largest absolute Gasteiger partial charge is 0.860 e. The standard InChI is InChI=1S/C13H12INO/c1-15(10-6-3-2-4-7-10)13(16)11-8-5-9-12(11)14/h2-9,16H,1H3/p-1/b13-11+. The highest BCUT2D eigenvalue weighted by molar-refractivity contribution is 14.1. The van der Waals surface area contributed by atoms with Gasteiger partial charge in [-0.05, 0) is 52.3 Å². The number of para-hydroxylation sites is 1. The second-order valence-electron chi connectivity index (χ2n) is 3.49. The van der Waals surface area contributed by atoms with Crippen LogP contribution in [0.15, 0.2) is 63.6 Å². The highest BCUT2D eigenvalue weighted by Gasteiger charge is 2.07. The minimum absolute atomic E-state index is 0.0283. The van der Waals surface area contributed by atoms with Crippen LogP contribution in [0.4, 0.5) is 5.69 Å². The number of anilines is 1. The SMILES string of the molecule is CN(/C([O-])=C1/C=CC=C1I)c1ccccc1. The van der Waals surface area contributed by atoms with Gasteiger partial charge in [0.15, 0.2) is 0 Å². The predicted octanol–water partition coefficient (Wildman–Crippen LogP) is 2.58. The van der Waals surface area contributed by atoms with E-state index in [0.717, 1.165) is 14.8 Å². The molecule has 0 radical (unpaired) electrons. The van der Waals surface area contributed by atoms with Crippen LogP contribution in [0.5, 0.6) is 0 Å². The van der Waals surface area contributed by atoms with Gasteiger partial charge in [-0.25, -0.2) is 0 Å². The summed E-state index contributed by atoms with van der Waals surface area (Å²) >= 11 is 2.18. The van der Waals surface area contributed by atoms with E-state index in [1.54, 1.807) is 11.9 Å². The van der Waals surface area contributed by atoms with Gasteiger partial charge in [-0.2, -0.15) is 0 Å². The molecule has 1 aliphatic rings.